The van der Waals surface area contributed by atoms with E-state index >= 15 is 0 Å². The average Bonchev–Trinajstić information content (AvgIpc) is 2.37. The van der Waals surface area contributed by atoms with Gasteiger partial charge in [0.2, 0.25) is 5.91 Å². The standard InChI is InChI=1S/C16H15BrN2O/c1-10-5-11(2)7-13(6-10)19-9-16(20)18-14-4-3-12(17)8-15(14)19/h3-8H,9H2,1-2H3,(H,18,20). The number of nitrogens with one attached hydrogen (secondary N) is 1. The second kappa shape index (κ2) is 4.94. The van der Waals surface area contributed by atoms with Crippen molar-refractivity contribution in [1.29, 1.82) is 0 Å². The first-order chi connectivity index (χ1) is 9.52. The summed E-state index contributed by atoms with van der Waals surface area (Å²) in [5.41, 5.74) is 5.31. The number of anilines is 3. The molecule has 0 spiro atoms. The fourth-order valence-corrected chi connectivity index (χ4v) is 2.94. The van der Waals surface area contributed by atoms with Crippen molar-refractivity contribution in [3.63, 3.8) is 0 Å². The first-order valence-corrected chi connectivity index (χ1v) is 7.27. The SMILES string of the molecule is Cc1cc(C)cc(N2CC(=O)Nc3ccc(Br)cc32)c1. The molecule has 3 rings (SSSR count). The fourth-order valence-electron chi connectivity index (χ4n) is 2.59. The minimum Gasteiger partial charge on any atom is -0.330 e. The summed E-state index contributed by atoms with van der Waals surface area (Å²) in [5.74, 6) is 0.0129. The number of amides is 1. The first kappa shape index (κ1) is 13.2. The molecule has 0 saturated carbocycles. The van der Waals surface area contributed by atoms with Gasteiger partial charge in [0.25, 0.3) is 0 Å². The Bertz CT molecular complexity index is 677. The lowest BCUT2D eigenvalue weighted by molar-refractivity contribution is -0.115. The monoisotopic (exact) mass is 330 g/mol. The molecule has 20 heavy (non-hydrogen) atoms. The molecule has 1 heterocycles. The van der Waals surface area contributed by atoms with Crippen LogP contribution in [0.25, 0.3) is 0 Å². The van der Waals surface area contributed by atoms with Crippen LogP contribution >= 0.6 is 15.9 Å². The third kappa shape index (κ3) is 2.43. The number of halogens is 1. The highest BCUT2D eigenvalue weighted by Crippen LogP contribution is 2.37. The summed E-state index contributed by atoms with van der Waals surface area (Å²) in [7, 11) is 0. The molecule has 0 radical (unpaired) electrons. The van der Waals surface area contributed by atoms with Crippen molar-refractivity contribution >= 4 is 38.9 Å². The molecule has 4 heteroatoms. The van der Waals surface area contributed by atoms with Gasteiger partial charge in [-0.1, -0.05) is 22.0 Å². The van der Waals surface area contributed by atoms with Gasteiger partial charge in [-0.15, -0.1) is 0 Å². The molecule has 0 aromatic heterocycles. The van der Waals surface area contributed by atoms with E-state index in [1.165, 1.54) is 11.1 Å². The van der Waals surface area contributed by atoms with Crippen LogP contribution in [0.2, 0.25) is 0 Å². The Labute approximate surface area is 126 Å². The van der Waals surface area contributed by atoms with E-state index in [0.29, 0.717) is 6.54 Å². The maximum atomic E-state index is 11.9. The van der Waals surface area contributed by atoms with Gasteiger partial charge in [-0.3, -0.25) is 4.79 Å². The summed E-state index contributed by atoms with van der Waals surface area (Å²) in [6.45, 7) is 4.48. The van der Waals surface area contributed by atoms with Crippen LogP contribution in [-0.4, -0.2) is 12.5 Å². The molecule has 0 bridgehead atoms. The van der Waals surface area contributed by atoms with Crippen LogP contribution in [0.1, 0.15) is 11.1 Å². The lowest BCUT2D eigenvalue weighted by atomic mass is 10.1. The Kier molecular flexibility index (Phi) is 3.26. The lowest BCUT2D eigenvalue weighted by Gasteiger charge is -2.31. The van der Waals surface area contributed by atoms with E-state index in [2.05, 4.69) is 58.2 Å². The average molecular weight is 331 g/mol. The molecule has 0 unspecified atom stereocenters. The molecular weight excluding hydrogens is 316 g/mol. The van der Waals surface area contributed by atoms with Gasteiger partial charge in [-0.25, -0.2) is 0 Å². The quantitative estimate of drug-likeness (QED) is 0.851. The third-order valence-electron chi connectivity index (χ3n) is 3.34. The second-order valence-electron chi connectivity index (χ2n) is 5.14. The van der Waals surface area contributed by atoms with E-state index in [-0.39, 0.29) is 5.91 Å². The van der Waals surface area contributed by atoms with Gasteiger partial charge in [0, 0.05) is 10.2 Å². The maximum absolute atomic E-state index is 11.9. The molecule has 3 nitrogen and oxygen atoms in total. The maximum Gasteiger partial charge on any atom is 0.244 e. The van der Waals surface area contributed by atoms with Crippen LogP contribution < -0.4 is 10.2 Å². The summed E-state index contributed by atoms with van der Waals surface area (Å²) in [5, 5.41) is 2.91. The largest absolute Gasteiger partial charge is 0.330 e. The van der Waals surface area contributed by atoms with E-state index in [9.17, 15) is 4.79 Å². The van der Waals surface area contributed by atoms with Crippen LogP contribution in [0.3, 0.4) is 0 Å². The molecule has 2 aromatic rings. The normalized spacial score (nSPS) is 13.9. The van der Waals surface area contributed by atoms with Crippen molar-refractivity contribution in [2.24, 2.45) is 0 Å². The van der Waals surface area contributed by atoms with Gasteiger partial charge in [0.15, 0.2) is 0 Å². The molecule has 102 valence electrons. The van der Waals surface area contributed by atoms with Crippen LogP contribution in [0, 0.1) is 13.8 Å². The number of carbonyl (C=O) groups excluding carboxylic acids is 1. The van der Waals surface area contributed by atoms with E-state index in [1.54, 1.807) is 0 Å². The zero-order valence-corrected chi connectivity index (χ0v) is 13.0. The highest BCUT2D eigenvalue weighted by atomic mass is 79.9. The molecule has 1 aliphatic heterocycles. The number of hydrogen-bond donors (Lipinski definition) is 1. The van der Waals surface area contributed by atoms with Gasteiger partial charge in [-0.05, 0) is 55.3 Å². The highest BCUT2D eigenvalue weighted by molar-refractivity contribution is 9.10. The zero-order valence-electron chi connectivity index (χ0n) is 11.4. The van der Waals surface area contributed by atoms with Crippen molar-refractivity contribution in [2.45, 2.75) is 13.8 Å². The molecule has 0 fully saturated rings. The number of hydrogen-bond acceptors (Lipinski definition) is 2. The predicted octanol–water partition coefficient (Wildman–Crippen LogP) is 4.16. The number of nitrogens with zero attached hydrogens (tertiary/aromatic N) is 1. The third-order valence-corrected chi connectivity index (χ3v) is 3.84. The first-order valence-electron chi connectivity index (χ1n) is 6.48. The molecule has 0 saturated heterocycles. The number of aryl methyl sites for hydroxylation is 2. The molecule has 0 atom stereocenters. The van der Waals surface area contributed by atoms with Crippen molar-refractivity contribution < 1.29 is 4.79 Å². The fraction of sp³-hybridized carbons (Fsp3) is 0.188. The van der Waals surface area contributed by atoms with Crippen LogP contribution in [0.4, 0.5) is 17.1 Å². The topological polar surface area (TPSA) is 32.3 Å². The van der Waals surface area contributed by atoms with Gasteiger partial charge in [0.05, 0.1) is 11.4 Å². The molecular formula is C16H15BrN2O. The van der Waals surface area contributed by atoms with Crippen molar-refractivity contribution in [1.82, 2.24) is 0 Å². The Morgan fingerprint density at radius 1 is 1.10 bits per heavy atom. The summed E-state index contributed by atoms with van der Waals surface area (Å²) in [4.78, 5) is 14.0. The summed E-state index contributed by atoms with van der Waals surface area (Å²) < 4.78 is 1.00. The number of rotatable bonds is 1. The Balaban J connectivity index is 2.14. The minimum absolute atomic E-state index is 0.0129. The van der Waals surface area contributed by atoms with E-state index in [1.807, 2.05) is 18.2 Å². The predicted molar refractivity (Wildman–Crippen MR) is 85.7 cm³/mol. The van der Waals surface area contributed by atoms with Gasteiger partial charge in [-0.2, -0.15) is 0 Å². The second-order valence-corrected chi connectivity index (χ2v) is 6.06. The summed E-state index contributed by atoms with van der Waals surface area (Å²) in [6.07, 6.45) is 0. The Morgan fingerprint density at radius 2 is 1.80 bits per heavy atom. The summed E-state index contributed by atoms with van der Waals surface area (Å²) >= 11 is 3.50. The van der Waals surface area contributed by atoms with E-state index in [4.69, 9.17) is 0 Å². The molecule has 1 aliphatic rings. The van der Waals surface area contributed by atoms with Crippen molar-refractivity contribution in [3.8, 4) is 0 Å². The van der Waals surface area contributed by atoms with Crippen LogP contribution in [0.15, 0.2) is 40.9 Å². The van der Waals surface area contributed by atoms with Gasteiger partial charge in [0.1, 0.15) is 6.54 Å². The Hall–Kier alpha value is -1.81. The Morgan fingerprint density at radius 3 is 2.50 bits per heavy atom. The smallest absolute Gasteiger partial charge is 0.244 e. The van der Waals surface area contributed by atoms with Crippen LogP contribution in [-0.2, 0) is 4.79 Å². The minimum atomic E-state index is 0.0129. The van der Waals surface area contributed by atoms with Crippen LogP contribution in [0.5, 0.6) is 0 Å². The van der Waals surface area contributed by atoms with E-state index < -0.39 is 0 Å². The van der Waals surface area contributed by atoms with Crippen molar-refractivity contribution in [2.75, 3.05) is 16.8 Å². The van der Waals surface area contributed by atoms with Gasteiger partial charge >= 0.3 is 0 Å². The molecule has 1 N–H and O–H groups in total. The number of benzene rings is 2. The zero-order chi connectivity index (χ0) is 14.3. The highest BCUT2D eigenvalue weighted by Gasteiger charge is 2.23. The van der Waals surface area contributed by atoms with E-state index in [0.717, 1.165) is 21.5 Å². The number of fused-ring (bicyclic) bond motifs is 1. The molecule has 1 amide bonds. The molecule has 0 aliphatic carbocycles. The lowest BCUT2D eigenvalue weighted by Crippen LogP contribution is -2.35. The number of carbonyl (C=O) groups is 1. The van der Waals surface area contributed by atoms with Gasteiger partial charge < -0.3 is 10.2 Å². The van der Waals surface area contributed by atoms with Crippen molar-refractivity contribution in [3.05, 3.63) is 52.0 Å². The summed E-state index contributed by atoms with van der Waals surface area (Å²) in [6, 6.07) is 12.2. The molecule has 2 aromatic carbocycles.